The maximum atomic E-state index is 13.1. The summed E-state index contributed by atoms with van der Waals surface area (Å²) in [6, 6.07) is 2.94. The van der Waals surface area contributed by atoms with Crippen molar-refractivity contribution in [2.24, 2.45) is 0 Å². The fourth-order valence-electron chi connectivity index (χ4n) is 1.36. The first-order chi connectivity index (χ1) is 6.20. The Morgan fingerprint density at radius 3 is 2.62 bits per heavy atom. The molecule has 1 aromatic rings. The molecule has 0 amide bonds. The molecule has 0 bridgehead atoms. The fourth-order valence-corrected chi connectivity index (χ4v) is 1.96. The third kappa shape index (κ3) is 1.48. The lowest BCUT2D eigenvalue weighted by atomic mass is 9.98. The van der Waals surface area contributed by atoms with Crippen molar-refractivity contribution in [1.82, 2.24) is 5.32 Å². The number of hydrogen-bond donors (Lipinski definition) is 1. The zero-order valence-corrected chi connectivity index (χ0v) is 8.37. The summed E-state index contributed by atoms with van der Waals surface area (Å²) in [5.41, 5.74) is 0.796. The van der Waals surface area contributed by atoms with E-state index in [1.807, 2.05) is 0 Å². The molecule has 0 aliphatic carbocycles. The van der Waals surface area contributed by atoms with E-state index in [4.69, 9.17) is 0 Å². The largest absolute Gasteiger partial charge is 0.310 e. The van der Waals surface area contributed by atoms with Crippen LogP contribution in [-0.2, 0) is 0 Å². The number of hydrogen-bond acceptors (Lipinski definition) is 1. The average molecular weight is 248 g/mol. The minimum absolute atomic E-state index is 0.171. The van der Waals surface area contributed by atoms with Crippen LogP contribution in [0.15, 0.2) is 16.6 Å². The SMILES string of the molecule is Fc1ccc(C2CCN2)c(Br)c1F. The number of rotatable bonds is 1. The molecular weight excluding hydrogens is 240 g/mol. The normalized spacial score (nSPS) is 21.3. The molecule has 4 heteroatoms. The van der Waals surface area contributed by atoms with Gasteiger partial charge in [0.2, 0.25) is 0 Å². The Balaban J connectivity index is 2.41. The maximum Gasteiger partial charge on any atom is 0.173 e. The van der Waals surface area contributed by atoms with E-state index >= 15 is 0 Å². The van der Waals surface area contributed by atoms with Crippen molar-refractivity contribution in [1.29, 1.82) is 0 Å². The third-order valence-electron chi connectivity index (χ3n) is 2.26. The van der Waals surface area contributed by atoms with Crippen molar-refractivity contribution in [3.05, 3.63) is 33.8 Å². The van der Waals surface area contributed by atoms with E-state index in [1.54, 1.807) is 6.07 Å². The molecule has 0 saturated carbocycles. The highest BCUT2D eigenvalue weighted by Crippen LogP contribution is 2.32. The third-order valence-corrected chi connectivity index (χ3v) is 3.07. The van der Waals surface area contributed by atoms with E-state index in [2.05, 4.69) is 21.2 Å². The lowest BCUT2D eigenvalue weighted by molar-refractivity contribution is 0.378. The number of halogens is 3. The Labute approximate surface area is 83.3 Å². The van der Waals surface area contributed by atoms with E-state index in [9.17, 15) is 8.78 Å². The van der Waals surface area contributed by atoms with Gasteiger partial charge in [-0.15, -0.1) is 0 Å². The molecule has 1 N–H and O–H groups in total. The van der Waals surface area contributed by atoms with Crippen LogP contribution < -0.4 is 5.32 Å². The summed E-state index contributed by atoms with van der Waals surface area (Å²) in [5, 5.41) is 3.13. The van der Waals surface area contributed by atoms with Gasteiger partial charge in [-0.05, 0) is 40.5 Å². The molecule has 1 aromatic carbocycles. The second-order valence-electron chi connectivity index (χ2n) is 3.06. The summed E-state index contributed by atoms with van der Waals surface area (Å²) in [5.74, 6) is -1.61. The molecule has 70 valence electrons. The molecule has 1 saturated heterocycles. The topological polar surface area (TPSA) is 12.0 Å². The zero-order valence-electron chi connectivity index (χ0n) is 6.78. The lowest BCUT2D eigenvalue weighted by Crippen LogP contribution is -2.35. The van der Waals surface area contributed by atoms with Crippen LogP contribution in [0.5, 0.6) is 0 Å². The minimum atomic E-state index is -0.810. The van der Waals surface area contributed by atoms with Gasteiger partial charge < -0.3 is 5.32 Å². The average Bonchev–Trinajstić information content (AvgIpc) is 2.03. The predicted octanol–water partition coefficient (Wildman–Crippen LogP) is 2.76. The summed E-state index contributed by atoms with van der Waals surface area (Å²) in [4.78, 5) is 0. The minimum Gasteiger partial charge on any atom is -0.310 e. The second-order valence-corrected chi connectivity index (χ2v) is 3.85. The molecule has 1 aliphatic heterocycles. The van der Waals surface area contributed by atoms with Crippen molar-refractivity contribution in [3.8, 4) is 0 Å². The van der Waals surface area contributed by atoms with E-state index < -0.39 is 11.6 Å². The van der Waals surface area contributed by atoms with Gasteiger partial charge in [0, 0.05) is 6.04 Å². The van der Waals surface area contributed by atoms with Crippen molar-refractivity contribution in [2.45, 2.75) is 12.5 Å². The van der Waals surface area contributed by atoms with E-state index in [0.29, 0.717) is 0 Å². The van der Waals surface area contributed by atoms with E-state index in [1.165, 1.54) is 0 Å². The highest BCUT2D eigenvalue weighted by Gasteiger charge is 2.23. The molecule has 2 rings (SSSR count). The van der Waals surface area contributed by atoms with Crippen LogP contribution in [0.4, 0.5) is 8.78 Å². The van der Waals surface area contributed by atoms with E-state index in [0.717, 1.165) is 24.6 Å². The number of benzene rings is 1. The predicted molar refractivity (Wildman–Crippen MR) is 49.4 cm³/mol. The van der Waals surface area contributed by atoms with Gasteiger partial charge >= 0.3 is 0 Å². The van der Waals surface area contributed by atoms with Gasteiger partial charge in [-0.2, -0.15) is 0 Å². The quantitative estimate of drug-likeness (QED) is 0.753. The highest BCUT2D eigenvalue weighted by atomic mass is 79.9. The molecule has 1 aliphatic rings. The summed E-state index contributed by atoms with van der Waals surface area (Å²) < 4.78 is 26.0. The first-order valence-electron chi connectivity index (χ1n) is 4.07. The second kappa shape index (κ2) is 3.35. The van der Waals surface area contributed by atoms with Gasteiger partial charge in [0.25, 0.3) is 0 Å². The lowest BCUT2D eigenvalue weighted by Gasteiger charge is -2.28. The van der Waals surface area contributed by atoms with Crippen LogP contribution in [0.25, 0.3) is 0 Å². The van der Waals surface area contributed by atoms with E-state index in [-0.39, 0.29) is 10.5 Å². The summed E-state index contributed by atoms with van der Waals surface area (Å²) in [7, 11) is 0. The summed E-state index contributed by atoms with van der Waals surface area (Å²) in [6.45, 7) is 0.941. The molecule has 13 heavy (non-hydrogen) atoms. The molecule has 1 heterocycles. The molecule has 0 radical (unpaired) electrons. The Kier molecular flexibility index (Phi) is 2.34. The van der Waals surface area contributed by atoms with Crippen molar-refractivity contribution in [2.75, 3.05) is 6.54 Å². The highest BCUT2D eigenvalue weighted by molar-refractivity contribution is 9.10. The smallest absolute Gasteiger partial charge is 0.173 e. The molecular formula is C9H8BrF2N. The molecule has 0 spiro atoms. The Morgan fingerprint density at radius 1 is 1.38 bits per heavy atom. The van der Waals surface area contributed by atoms with Gasteiger partial charge in [-0.25, -0.2) is 8.78 Å². The summed E-state index contributed by atoms with van der Waals surface area (Å²) >= 11 is 3.05. The van der Waals surface area contributed by atoms with Crippen LogP contribution in [-0.4, -0.2) is 6.54 Å². The first-order valence-corrected chi connectivity index (χ1v) is 4.86. The molecule has 0 aromatic heterocycles. The van der Waals surface area contributed by atoms with Gasteiger partial charge in [-0.3, -0.25) is 0 Å². The van der Waals surface area contributed by atoms with Gasteiger partial charge in [0.15, 0.2) is 11.6 Å². The maximum absolute atomic E-state index is 13.1. The molecule has 1 fully saturated rings. The Bertz CT molecular complexity index is 337. The molecule has 1 atom stereocenters. The van der Waals surface area contributed by atoms with Crippen LogP contribution >= 0.6 is 15.9 Å². The summed E-state index contributed by atoms with van der Waals surface area (Å²) in [6.07, 6.45) is 0.976. The number of nitrogens with one attached hydrogen (secondary N) is 1. The van der Waals surface area contributed by atoms with Crippen LogP contribution in [0.1, 0.15) is 18.0 Å². The van der Waals surface area contributed by atoms with Crippen LogP contribution in [0.3, 0.4) is 0 Å². The van der Waals surface area contributed by atoms with Gasteiger partial charge in [0.05, 0.1) is 4.47 Å². The van der Waals surface area contributed by atoms with Crippen molar-refractivity contribution < 1.29 is 8.78 Å². The van der Waals surface area contributed by atoms with Crippen molar-refractivity contribution >= 4 is 15.9 Å². The molecule has 1 unspecified atom stereocenters. The van der Waals surface area contributed by atoms with Crippen molar-refractivity contribution in [3.63, 3.8) is 0 Å². The van der Waals surface area contributed by atoms with Crippen LogP contribution in [0.2, 0.25) is 0 Å². The zero-order chi connectivity index (χ0) is 9.42. The first kappa shape index (κ1) is 9.09. The standard InChI is InChI=1S/C9H8BrF2N/c10-8-5(7-3-4-13-7)1-2-6(11)9(8)12/h1-2,7,13H,3-4H2. The monoisotopic (exact) mass is 247 g/mol. The van der Waals surface area contributed by atoms with Crippen LogP contribution in [0, 0.1) is 11.6 Å². The van der Waals surface area contributed by atoms with Gasteiger partial charge in [0.1, 0.15) is 0 Å². The Morgan fingerprint density at radius 2 is 2.08 bits per heavy atom. The molecule has 1 nitrogen and oxygen atoms in total. The Hall–Kier alpha value is -0.480. The van der Waals surface area contributed by atoms with Gasteiger partial charge in [-0.1, -0.05) is 6.07 Å². The fraction of sp³-hybridized carbons (Fsp3) is 0.333.